The molecule has 17 heavy (non-hydrogen) atoms. The van der Waals surface area contributed by atoms with Crippen LogP contribution in [-0.4, -0.2) is 22.6 Å². The minimum Gasteiger partial charge on any atom is -0.323 e. The maximum atomic E-state index is 6.04. The Labute approximate surface area is 105 Å². The van der Waals surface area contributed by atoms with Gasteiger partial charge in [0.25, 0.3) is 0 Å². The van der Waals surface area contributed by atoms with E-state index >= 15 is 0 Å². The first-order valence-corrected chi connectivity index (χ1v) is 6.59. The van der Waals surface area contributed by atoms with E-state index in [9.17, 15) is 0 Å². The minimum atomic E-state index is 0.565. The van der Waals surface area contributed by atoms with E-state index < -0.39 is 0 Å². The van der Waals surface area contributed by atoms with E-state index in [1.807, 2.05) is 12.1 Å². The van der Waals surface area contributed by atoms with Crippen molar-refractivity contribution in [3.8, 4) is 0 Å². The molecule has 0 radical (unpaired) electrons. The first kappa shape index (κ1) is 9.92. The van der Waals surface area contributed by atoms with E-state index in [2.05, 4.69) is 16.0 Å². The summed E-state index contributed by atoms with van der Waals surface area (Å²) in [7, 11) is 0. The lowest BCUT2D eigenvalue weighted by molar-refractivity contribution is 0.410. The average molecular weight is 248 g/mol. The van der Waals surface area contributed by atoms with E-state index in [1.54, 1.807) is 0 Å². The summed E-state index contributed by atoms with van der Waals surface area (Å²) in [6.45, 7) is 2.13. The molecule has 0 saturated carbocycles. The first-order chi connectivity index (χ1) is 8.33. The smallest absolute Gasteiger partial charge is 0.114 e. The van der Waals surface area contributed by atoms with Crippen molar-refractivity contribution in [1.29, 1.82) is 0 Å². The predicted molar refractivity (Wildman–Crippen MR) is 68.6 cm³/mol. The number of fused-ring (bicyclic) bond motifs is 4. The fourth-order valence-corrected chi connectivity index (χ4v) is 3.39. The molecular weight excluding hydrogens is 234 g/mol. The Morgan fingerprint density at radius 3 is 3.18 bits per heavy atom. The van der Waals surface area contributed by atoms with Crippen LogP contribution in [0.5, 0.6) is 0 Å². The van der Waals surface area contributed by atoms with Gasteiger partial charge in [0, 0.05) is 30.1 Å². The molecule has 3 nitrogen and oxygen atoms in total. The summed E-state index contributed by atoms with van der Waals surface area (Å²) in [5, 5.41) is 4.31. The monoisotopic (exact) mass is 247 g/mol. The fraction of sp³-hybridized carbons (Fsp3) is 0.462. The Morgan fingerprint density at radius 1 is 1.29 bits per heavy atom. The molecule has 1 aromatic heterocycles. The van der Waals surface area contributed by atoms with Crippen LogP contribution in [0.4, 0.5) is 0 Å². The summed E-state index contributed by atoms with van der Waals surface area (Å²) < 4.78 is 2.43. The van der Waals surface area contributed by atoms with Gasteiger partial charge in [-0.05, 0) is 31.0 Å². The van der Waals surface area contributed by atoms with E-state index in [4.69, 9.17) is 16.6 Å². The largest absolute Gasteiger partial charge is 0.323 e. The van der Waals surface area contributed by atoms with Gasteiger partial charge in [-0.25, -0.2) is 4.98 Å². The van der Waals surface area contributed by atoms with Crippen molar-refractivity contribution in [1.82, 2.24) is 14.9 Å². The maximum Gasteiger partial charge on any atom is 0.114 e. The molecule has 1 fully saturated rings. The van der Waals surface area contributed by atoms with Crippen molar-refractivity contribution >= 4 is 22.6 Å². The number of imidazole rings is 1. The number of nitrogens with zero attached hydrogens (tertiary/aromatic N) is 2. The van der Waals surface area contributed by atoms with Crippen LogP contribution in [0.2, 0.25) is 5.02 Å². The molecule has 1 saturated heterocycles. The van der Waals surface area contributed by atoms with Gasteiger partial charge in [0.15, 0.2) is 0 Å². The topological polar surface area (TPSA) is 29.9 Å². The normalized spacial score (nSPS) is 27.1. The molecule has 2 unspecified atom stereocenters. The summed E-state index contributed by atoms with van der Waals surface area (Å²) in [6, 6.07) is 6.61. The van der Waals surface area contributed by atoms with Crippen molar-refractivity contribution in [2.24, 2.45) is 0 Å². The van der Waals surface area contributed by atoms with Gasteiger partial charge in [-0.15, -0.1) is 0 Å². The van der Waals surface area contributed by atoms with Crippen molar-refractivity contribution < 1.29 is 0 Å². The Bertz CT molecular complexity index is 586. The molecule has 3 aliphatic rings. The second kappa shape index (κ2) is 3.47. The molecule has 1 aromatic carbocycles. The van der Waals surface area contributed by atoms with E-state index in [0.29, 0.717) is 12.0 Å². The van der Waals surface area contributed by atoms with Crippen molar-refractivity contribution in [2.45, 2.75) is 24.8 Å². The summed E-state index contributed by atoms with van der Waals surface area (Å²) in [5.41, 5.74) is 2.29. The van der Waals surface area contributed by atoms with Crippen LogP contribution in [0.25, 0.3) is 11.0 Å². The van der Waals surface area contributed by atoms with Crippen LogP contribution >= 0.6 is 11.6 Å². The molecule has 2 aromatic rings. The number of rotatable bonds is 0. The van der Waals surface area contributed by atoms with E-state index in [1.165, 1.54) is 24.2 Å². The number of hydrogen-bond donors (Lipinski definition) is 1. The molecule has 0 amide bonds. The quantitative estimate of drug-likeness (QED) is 0.776. The molecule has 4 heterocycles. The Hall–Kier alpha value is -1.06. The molecule has 4 heteroatoms. The number of hydrogen-bond acceptors (Lipinski definition) is 2. The van der Waals surface area contributed by atoms with Gasteiger partial charge in [0.1, 0.15) is 5.82 Å². The number of benzene rings is 1. The molecule has 2 bridgehead atoms. The van der Waals surface area contributed by atoms with Crippen LogP contribution < -0.4 is 5.32 Å². The van der Waals surface area contributed by atoms with Crippen LogP contribution in [0.1, 0.15) is 30.6 Å². The third-order valence-corrected chi connectivity index (χ3v) is 4.26. The number of aromatic nitrogens is 2. The number of halogens is 1. The zero-order valence-electron chi connectivity index (χ0n) is 9.49. The first-order valence-electron chi connectivity index (χ1n) is 6.21. The van der Waals surface area contributed by atoms with Gasteiger partial charge < -0.3 is 9.88 Å². The highest BCUT2D eigenvalue weighted by atomic mass is 35.5. The van der Waals surface area contributed by atoms with Crippen LogP contribution in [0.15, 0.2) is 18.2 Å². The predicted octanol–water partition coefficient (Wildman–Crippen LogP) is 2.71. The Kier molecular flexibility index (Phi) is 2.02. The molecule has 5 rings (SSSR count). The minimum absolute atomic E-state index is 0.565. The Balaban J connectivity index is 2.03. The van der Waals surface area contributed by atoms with Gasteiger partial charge in [-0.3, -0.25) is 0 Å². The third-order valence-electron chi connectivity index (χ3n) is 4.03. The van der Waals surface area contributed by atoms with E-state index in [-0.39, 0.29) is 0 Å². The summed E-state index contributed by atoms with van der Waals surface area (Å²) in [4.78, 5) is 4.80. The van der Waals surface area contributed by atoms with Gasteiger partial charge in [0.05, 0.1) is 11.0 Å². The maximum absolute atomic E-state index is 6.04. The van der Waals surface area contributed by atoms with Crippen molar-refractivity contribution in [3.05, 3.63) is 29.0 Å². The summed E-state index contributed by atoms with van der Waals surface area (Å²) in [5.74, 6) is 1.82. The summed E-state index contributed by atoms with van der Waals surface area (Å²) >= 11 is 6.04. The lowest BCUT2D eigenvalue weighted by Gasteiger charge is -2.25. The highest BCUT2D eigenvalue weighted by Crippen LogP contribution is 2.38. The standard InChI is InChI=1S/C13H14ClN3/c14-9-2-4-12-11(5-9)16-13-8-1-3-10(17(12)13)7-15-6-8/h2,4-5,8,10,15H,1,3,6-7H2. The summed E-state index contributed by atoms with van der Waals surface area (Å²) in [6.07, 6.45) is 2.52. The van der Waals surface area contributed by atoms with Crippen molar-refractivity contribution in [2.75, 3.05) is 13.1 Å². The average Bonchev–Trinajstić information content (AvgIpc) is 2.49. The second-order valence-electron chi connectivity index (χ2n) is 5.06. The van der Waals surface area contributed by atoms with Crippen LogP contribution in [-0.2, 0) is 0 Å². The van der Waals surface area contributed by atoms with Gasteiger partial charge in [-0.1, -0.05) is 11.6 Å². The number of nitrogens with one attached hydrogen (secondary N) is 1. The lowest BCUT2D eigenvalue weighted by Crippen LogP contribution is -2.21. The molecule has 1 N–H and O–H groups in total. The zero-order valence-corrected chi connectivity index (χ0v) is 10.2. The van der Waals surface area contributed by atoms with Crippen LogP contribution in [0.3, 0.4) is 0 Å². The molecule has 88 valence electrons. The second-order valence-corrected chi connectivity index (χ2v) is 5.50. The van der Waals surface area contributed by atoms with Gasteiger partial charge >= 0.3 is 0 Å². The Morgan fingerprint density at radius 2 is 2.24 bits per heavy atom. The van der Waals surface area contributed by atoms with Crippen molar-refractivity contribution in [3.63, 3.8) is 0 Å². The fourth-order valence-electron chi connectivity index (χ4n) is 3.22. The molecule has 3 aliphatic heterocycles. The third kappa shape index (κ3) is 1.36. The molecule has 0 aliphatic carbocycles. The lowest BCUT2D eigenvalue weighted by atomic mass is 9.96. The van der Waals surface area contributed by atoms with Gasteiger partial charge in [-0.2, -0.15) is 0 Å². The molecule has 2 atom stereocenters. The highest BCUT2D eigenvalue weighted by molar-refractivity contribution is 6.31. The van der Waals surface area contributed by atoms with E-state index in [0.717, 1.165) is 23.6 Å². The zero-order chi connectivity index (χ0) is 11.4. The highest BCUT2D eigenvalue weighted by Gasteiger charge is 2.32. The molecule has 0 spiro atoms. The van der Waals surface area contributed by atoms with Gasteiger partial charge in [0.2, 0.25) is 0 Å². The molecular formula is C13H14ClN3. The SMILES string of the molecule is Clc1ccc2c(c1)nc1n2C2CCC1CNC2. The van der Waals surface area contributed by atoms with Crippen LogP contribution in [0, 0.1) is 0 Å².